The molecular formula is C23H27FN2O4S. The topological polar surface area (TPSA) is 74.8 Å². The summed E-state index contributed by atoms with van der Waals surface area (Å²) in [5, 5.41) is -1.27. The van der Waals surface area contributed by atoms with Crippen LogP contribution in [-0.4, -0.2) is 61.5 Å². The van der Waals surface area contributed by atoms with Gasteiger partial charge in [-0.2, -0.15) is 0 Å². The predicted octanol–water partition coefficient (Wildman–Crippen LogP) is 2.68. The molecule has 6 nitrogen and oxygen atoms in total. The number of benzene rings is 2. The van der Waals surface area contributed by atoms with Crippen LogP contribution in [0, 0.1) is 5.82 Å². The molecule has 1 fully saturated rings. The fraction of sp³-hybridized carbons (Fsp3) is 0.391. The number of aryl methyl sites for hydroxylation is 1. The third-order valence-corrected chi connectivity index (χ3v) is 7.66. The Morgan fingerprint density at radius 1 is 0.935 bits per heavy atom. The lowest BCUT2D eigenvalue weighted by Gasteiger charge is -2.36. The summed E-state index contributed by atoms with van der Waals surface area (Å²) >= 11 is 0. The van der Waals surface area contributed by atoms with Crippen molar-refractivity contribution in [2.24, 2.45) is 0 Å². The molecule has 2 amide bonds. The third-order valence-electron chi connectivity index (χ3n) is 5.60. The second-order valence-corrected chi connectivity index (χ2v) is 9.95. The molecule has 0 N–H and O–H groups in total. The molecule has 1 heterocycles. The molecule has 0 aliphatic carbocycles. The Balaban J connectivity index is 1.49. The summed E-state index contributed by atoms with van der Waals surface area (Å²) in [6.45, 7) is 2.72. The summed E-state index contributed by atoms with van der Waals surface area (Å²) in [6, 6.07) is 14.4. The number of carbonyl (C=O) groups excluding carboxylic acids is 2. The van der Waals surface area contributed by atoms with E-state index < -0.39 is 26.8 Å². The van der Waals surface area contributed by atoms with Crippen LogP contribution < -0.4 is 0 Å². The van der Waals surface area contributed by atoms with Crippen molar-refractivity contribution in [3.05, 3.63) is 66.0 Å². The van der Waals surface area contributed by atoms with Gasteiger partial charge in [0.1, 0.15) is 11.1 Å². The quantitative estimate of drug-likeness (QED) is 0.613. The highest BCUT2D eigenvalue weighted by molar-refractivity contribution is 7.92. The molecule has 1 unspecified atom stereocenters. The average molecular weight is 447 g/mol. The van der Waals surface area contributed by atoms with E-state index in [1.807, 2.05) is 30.3 Å². The van der Waals surface area contributed by atoms with Crippen LogP contribution in [0.4, 0.5) is 4.39 Å². The van der Waals surface area contributed by atoms with E-state index in [2.05, 4.69) is 0 Å². The van der Waals surface area contributed by atoms with E-state index in [9.17, 15) is 22.4 Å². The van der Waals surface area contributed by atoms with Gasteiger partial charge in [0.05, 0.1) is 4.90 Å². The normalized spacial score (nSPS) is 15.5. The van der Waals surface area contributed by atoms with Crippen molar-refractivity contribution in [2.75, 3.05) is 26.2 Å². The third kappa shape index (κ3) is 5.70. The summed E-state index contributed by atoms with van der Waals surface area (Å²) < 4.78 is 38.5. The van der Waals surface area contributed by atoms with Crippen LogP contribution in [0.15, 0.2) is 59.5 Å². The Bertz CT molecular complexity index is 1000. The maximum atomic E-state index is 13.1. The van der Waals surface area contributed by atoms with Gasteiger partial charge in [-0.15, -0.1) is 0 Å². The second kappa shape index (κ2) is 10.0. The SMILES string of the molecule is CC(C(=O)N1CCN(C(=O)CCCc2ccccc2)CC1)S(=O)(=O)c1ccc(F)cc1. The van der Waals surface area contributed by atoms with Crippen molar-refractivity contribution >= 4 is 21.7 Å². The standard InChI is InChI=1S/C23H27FN2O4S/c1-18(31(29,30)21-12-10-20(24)11-13-21)23(28)26-16-14-25(15-17-26)22(27)9-5-8-19-6-3-2-4-7-19/h2-4,6-7,10-13,18H,5,8-9,14-17H2,1H3. The molecule has 31 heavy (non-hydrogen) atoms. The molecule has 8 heteroatoms. The highest BCUT2D eigenvalue weighted by Crippen LogP contribution is 2.19. The van der Waals surface area contributed by atoms with E-state index in [4.69, 9.17) is 0 Å². The fourth-order valence-electron chi connectivity index (χ4n) is 3.64. The van der Waals surface area contributed by atoms with Gasteiger partial charge in [-0.25, -0.2) is 12.8 Å². The van der Waals surface area contributed by atoms with Crippen molar-refractivity contribution in [1.82, 2.24) is 9.80 Å². The largest absolute Gasteiger partial charge is 0.339 e. The maximum absolute atomic E-state index is 13.1. The first-order valence-electron chi connectivity index (χ1n) is 10.4. The monoisotopic (exact) mass is 446 g/mol. The Morgan fingerprint density at radius 3 is 2.13 bits per heavy atom. The van der Waals surface area contributed by atoms with Crippen LogP contribution >= 0.6 is 0 Å². The fourth-order valence-corrected chi connectivity index (χ4v) is 4.98. The summed E-state index contributed by atoms with van der Waals surface area (Å²) in [5.74, 6) is -0.988. The molecule has 0 spiro atoms. The van der Waals surface area contributed by atoms with Crippen LogP contribution in [0.25, 0.3) is 0 Å². The average Bonchev–Trinajstić information content (AvgIpc) is 2.79. The maximum Gasteiger partial charge on any atom is 0.241 e. The van der Waals surface area contributed by atoms with Gasteiger partial charge in [0, 0.05) is 32.6 Å². The predicted molar refractivity (Wildman–Crippen MR) is 116 cm³/mol. The summed E-state index contributed by atoms with van der Waals surface area (Å²) in [5.41, 5.74) is 1.20. The Kier molecular flexibility index (Phi) is 7.43. The van der Waals surface area contributed by atoms with Crippen molar-refractivity contribution in [1.29, 1.82) is 0 Å². The molecule has 1 aliphatic rings. The van der Waals surface area contributed by atoms with Crippen molar-refractivity contribution in [3.8, 4) is 0 Å². The van der Waals surface area contributed by atoms with E-state index in [0.29, 0.717) is 32.6 Å². The first-order chi connectivity index (χ1) is 14.8. The van der Waals surface area contributed by atoms with Crippen molar-refractivity contribution < 1.29 is 22.4 Å². The number of hydrogen-bond acceptors (Lipinski definition) is 4. The molecule has 2 aromatic rings. The molecule has 3 rings (SSSR count). The summed E-state index contributed by atoms with van der Waals surface area (Å²) in [4.78, 5) is 28.4. The molecule has 2 aromatic carbocycles. The van der Waals surface area contributed by atoms with Gasteiger partial charge in [0.2, 0.25) is 11.8 Å². The number of carbonyl (C=O) groups is 2. The van der Waals surface area contributed by atoms with Crippen LogP contribution in [0.3, 0.4) is 0 Å². The highest BCUT2D eigenvalue weighted by Gasteiger charge is 2.34. The minimum atomic E-state index is -3.91. The van der Waals surface area contributed by atoms with E-state index >= 15 is 0 Å². The number of halogens is 1. The number of amides is 2. The molecule has 166 valence electrons. The van der Waals surface area contributed by atoms with Gasteiger partial charge in [0.15, 0.2) is 9.84 Å². The lowest BCUT2D eigenvalue weighted by molar-refractivity contribution is -0.139. The van der Waals surface area contributed by atoms with E-state index in [-0.39, 0.29) is 10.8 Å². The zero-order valence-corrected chi connectivity index (χ0v) is 18.4. The molecule has 1 saturated heterocycles. The van der Waals surface area contributed by atoms with Gasteiger partial charge < -0.3 is 9.80 Å². The Morgan fingerprint density at radius 2 is 1.52 bits per heavy atom. The van der Waals surface area contributed by atoms with Crippen LogP contribution in [-0.2, 0) is 25.8 Å². The number of sulfone groups is 1. The summed E-state index contributed by atoms with van der Waals surface area (Å²) in [7, 11) is -3.91. The van der Waals surface area contributed by atoms with Gasteiger partial charge >= 0.3 is 0 Å². The molecule has 0 saturated carbocycles. The number of nitrogens with zero attached hydrogens (tertiary/aromatic N) is 2. The molecule has 1 aliphatic heterocycles. The Labute approximate surface area is 182 Å². The molecule has 1 atom stereocenters. The zero-order valence-electron chi connectivity index (χ0n) is 17.5. The van der Waals surface area contributed by atoms with Crippen molar-refractivity contribution in [3.63, 3.8) is 0 Å². The zero-order chi connectivity index (χ0) is 22.4. The van der Waals surface area contributed by atoms with Gasteiger partial charge in [0.25, 0.3) is 0 Å². The van der Waals surface area contributed by atoms with Crippen LogP contribution in [0.1, 0.15) is 25.3 Å². The highest BCUT2D eigenvalue weighted by atomic mass is 32.2. The van der Waals surface area contributed by atoms with Gasteiger partial charge in [-0.05, 0) is 49.6 Å². The van der Waals surface area contributed by atoms with E-state index in [0.717, 1.165) is 25.0 Å². The van der Waals surface area contributed by atoms with Crippen molar-refractivity contribution in [2.45, 2.75) is 36.3 Å². The van der Waals surface area contributed by atoms with Crippen LogP contribution in [0.5, 0.6) is 0 Å². The van der Waals surface area contributed by atoms with Gasteiger partial charge in [-0.3, -0.25) is 9.59 Å². The Hall–Kier alpha value is -2.74. The lowest BCUT2D eigenvalue weighted by Crippen LogP contribution is -2.53. The molecular weight excluding hydrogens is 419 g/mol. The van der Waals surface area contributed by atoms with Gasteiger partial charge in [-0.1, -0.05) is 30.3 Å². The summed E-state index contributed by atoms with van der Waals surface area (Å²) in [6.07, 6.45) is 2.04. The molecule has 0 aromatic heterocycles. The number of piperazine rings is 1. The number of rotatable bonds is 7. The van der Waals surface area contributed by atoms with E-state index in [1.54, 1.807) is 4.90 Å². The lowest BCUT2D eigenvalue weighted by atomic mass is 10.1. The second-order valence-electron chi connectivity index (χ2n) is 7.69. The van der Waals surface area contributed by atoms with E-state index in [1.165, 1.54) is 29.5 Å². The van der Waals surface area contributed by atoms with Crippen LogP contribution in [0.2, 0.25) is 0 Å². The smallest absolute Gasteiger partial charge is 0.241 e. The molecule has 0 radical (unpaired) electrons. The first kappa shape index (κ1) is 22.9. The minimum Gasteiger partial charge on any atom is -0.339 e. The first-order valence-corrected chi connectivity index (χ1v) is 11.9. The minimum absolute atomic E-state index is 0.0509. The number of hydrogen-bond donors (Lipinski definition) is 0. The molecule has 0 bridgehead atoms.